The van der Waals surface area contributed by atoms with Crippen LogP contribution < -0.4 is 10.7 Å². The molecule has 0 atom stereocenters. The van der Waals surface area contributed by atoms with Gasteiger partial charge in [0.25, 0.3) is 5.91 Å². The van der Waals surface area contributed by atoms with E-state index in [2.05, 4.69) is 49.0 Å². The molecule has 2 N–H and O–H groups in total. The molecule has 0 spiro atoms. The summed E-state index contributed by atoms with van der Waals surface area (Å²) in [6.07, 6.45) is 0.666. The highest BCUT2D eigenvalue weighted by Crippen LogP contribution is 2.26. The second-order valence-electron chi connectivity index (χ2n) is 6.90. The number of fused-ring (bicyclic) bond motifs is 1. The average Bonchev–Trinajstić information content (AvgIpc) is 3.19. The molecule has 0 aliphatic carbocycles. The lowest BCUT2D eigenvalue weighted by Gasteiger charge is -2.14. The van der Waals surface area contributed by atoms with Crippen LogP contribution in [0.15, 0.2) is 76.4 Å². The maximum absolute atomic E-state index is 13.0. The Labute approximate surface area is 203 Å². The van der Waals surface area contributed by atoms with E-state index in [4.69, 9.17) is 12.2 Å². The topological polar surface area (TPSA) is 71.8 Å². The first-order chi connectivity index (χ1) is 15.6. The van der Waals surface area contributed by atoms with Crippen molar-refractivity contribution >= 4 is 61.7 Å². The summed E-state index contributed by atoms with van der Waals surface area (Å²) in [5, 5.41) is 14.0. The van der Waals surface area contributed by atoms with Crippen LogP contribution >= 0.6 is 39.9 Å². The largest absolute Gasteiger partial charge is 0.298 e. The van der Waals surface area contributed by atoms with Gasteiger partial charge in [-0.15, -0.1) is 10.2 Å². The quantitative estimate of drug-likeness (QED) is 0.262. The molecule has 9 heteroatoms. The third-order valence-corrected chi connectivity index (χ3v) is 6.67. The maximum atomic E-state index is 13.0. The number of amides is 1. The van der Waals surface area contributed by atoms with Gasteiger partial charge < -0.3 is 0 Å². The van der Waals surface area contributed by atoms with Gasteiger partial charge in [-0.25, -0.2) is 4.68 Å². The molecule has 4 aromatic rings. The van der Waals surface area contributed by atoms with Crippen molar-refractivity contribution in [1.82, 2.24) is 20.2 Å². The van der Waals surface area contributed by atoms with E-state index in [1.54, 1.807) is 22.5 Å². The summed E-state index contributed by atoms with van der Waals surface area (Å²) in [6.45, 7) is 1.99. The van der Waals surface area contributed by atoms with E-state index < -0.39 is 0 Å². The van der Waals surface area contributed by atoms with Crippen LogP contribution in [0.4, 0.5) is 0 Å². The number of aromatic nitrogens is 3. The van der Waals surface area contributed by atoms with Gasteiger partial charge in [-0.2, -0.15) is 0 Å². The Morgan fingerprint density at radius 1 is 1.03 bits per heavy atom. The van der Waals surface area contributed by atoms with Crippen molar-refractivity contribution in [2.24, 2.45) is 0 Å². The Balaban J connectivity index is 1.49. The third-order valence-electron chi connectivity index (χ3n) is 4.78. The van der Waals surface area contributed by atoms with Gasteiger partial charge in [0.05, 0.1) is 0 Å². The van der Waals surface area contributed by atoms with Gasteiger partial charge >= 0.3 is 0 Å². The number of rotatable bonds is 6. The van der Waals surface area contributed by atoms with Crippen LogP contribution in [-0.4, -0.2) is 25.9 Å². The van der Waals surface area contributed by atoms with Gasteiger partial charge in [0.2, 0.25) is 5.16 Å². The number of hydrogen-bond donors (Lipinski definition) is 2. The second-order valence-corrected chi connectivity index (χ2v) is 9.10. The van der Waals surface area contributed by atoms with Gasteiger partial charge in [0.15, 0.2) is 10.9 Å². The van der Waals surface area contributed by atoms with Gasteiger partial charge in [-0.1, -0.05) is 89.2 Å². The number of carbonyl (C=O) groups is 1. The molecule has 1 aromatic heterocycles. The number of thiocarbonyl (C=S) groups is 1. The number of nitrogens with one attached hydrogen (secondary N) is 2. The van der Waals surface area contributed by atoms with E-state index in [9.17, 15) is 4.79 Å². The summed E-state index contributed by atoms with van der Waals surface area (Å²) in [5.74, 6) is 1.19. The minimum absolute atomic E-state index is 0.179. The first-order valence-electron chi connectivity index (χ1n) is 9.97. The summed E-state index contributed by atoms with van der Waals surface area (Å²) in [5.41, 5.74) is 4.80. The van der Waals surface area contributed by atoms with E-state index >= 15 is 0 Å². The number of nitrogens with zero attached hydrogens (tertiary/aromatic N) is 3. The number of thioether (sulfide) groups is 1. The van der Waals surface area contributed by atoms with Crippen molar-refractivity contribution in [2.75, 3.05) is 5.43 Å². The van der Waals surface area contributed by atoms with Crippen molar-refractivity contribution in [3.05, 3.63) is 88.2 Å². The van der Waals surface area contributed by atoms with Crippen LogP contribution in [0.3, 0.4) is 0 Å². The minimum atomic E-state index is -0.282. The molecule has 162 valence electrons. The predicted molar refractivity (Wildman–Crippen MR) is 136 cm³/mol. The van der Waals surface area contributed by atoms with Crippen molar-refractivity contribution in [1.29, 1.82) is 0 Å². The van der Waals surface area contributed by atoms with Crippen molar-refractivity contribution in [3.8, 4) is 0 Å². The summed E-state index contributed by atoms with van der Waals surface area (Å²) >= 11 is 10.5. The zero-order valence-corrected chi connectivity index (χ0v) is 20.4. The molecule has 0 saturated heterocycles. The standard InChI is InChI=1S/C23H20BrN5OS2/c1-2-20-26-27-23(32-14-15-8-4-3-5-9-15)29(20)28-22(31)25-21(30)18-12-6-11-17-16(18)10-7-13-19(17)24/h3-13H,2,14H2,1H3,(H2,25,28,30,31). The number of aryl methyl sites for hydroxylation is 1. The number of hydrogen-bond acceptors (Lipinski definition) is 5. The third kappa shape index (κ3) is 5.01. The average molecular weight is 526 g/mol. The lowest BCUT2D eigenvalue weighted by Crippen LogP contribution is -2.38. The molecule has 0 aliphatic rings. The Bertz CT molecular complexity index is 1280. The van der Waals surface area contributed by atoms with E-state index in [0.29, 0.717) is 17.1 Å². The zero-order valence-electron chi connectivity index (χ0n) is 17.2. The van der Waals surface area contributed by atoms with Crippen LogP contribution in [-0.2, 0) is 12.2 Å². The molecule has 1 amide bonds. The van der Waals surface area contributed by atoms with Gasteiger partial charge in [-0.05, 0) is 40.7 Å². The Morgan fingerprint density at radius 3 is 2.56 bits per heavy atom. The number of benzene rings is 3. The molecule has 0 radical (unpaired) electrons. The molecule has 32 heavy (non-hydrogen) atoms. The molecule has 0 aliphatic heterocycles. The lowest BCUT2D eigenvalue weighted by molar-refractivity contribution is 0.0979. The SMILES string of the molecule is CCc1nnc(SCc2ccccc2)n1NC(=S)NC(=O)c1cccc2c(Br)cccc12. The maximum Gasteiger partial charge on any atom is 0.258 e. The first-order valence-corrected chi connectivity index (χ1v) is 12.2. The normalized spacial score (nSPS) is 10.8. The molecule has 1 heterocycles. The lowest BCUT2D eigenvalue weighted by atomic mass is 10.0. The fourth-order valence-corrected chi connectivity index (χ4v) is 4.78. The number of halogens is 1. The van der Waals surface area contributed by atoms with Gasteiger partial charge in [0, 0.05) is 22.2 Å². The highest BCUT2D eigenvalue weighted by Gasteiger charge is 2.16. The van der Waals surface area contributed by atoms with Crippen LogP contribution in [0.2, 0.25) is 0 Å². The molecule has 0 bridgehead atoms. The first kappa shape index (κ1) is 22.4. The zero-order chi connectivity index (χ0) is 22.5. The second kappa shape index (κ2) is 10.2. The Hall–Kier alpha value is -2.75. The highest BCUT2D eigenvalue weighted by molar-refractivity contribution is 9.10. The van der Waals surface area contributed by atoms with Crippen molar-refractivity contribution < 1.29 is 4.79 Å². The molecular weight excluding hydrogens is 506 g/mol. The van der Waals surface area contributed by atoms with Crippen LogP contribution in [0.5, 0.6) is 0 Å². The molecule has 0 fully saturated rings. The van der Waals surface area contributed by atoms with Crippen LogP contribution in [0.25, 0.3) is 10.8 Å². The minimum Gasteiger partial charge on any atom is -0.298 e. The fourth-order valence-electron chi connectivity index (χ4n) is 3.23. The van der Waals surface area contributed by atoms with E-state index in [1.165, 1.54) is 5.56 Å². The van der Waals surface area contributed by atoms with Crippen LogP contribution in [0.1, 0.15) is 28.7 Å². The Kier molecular flexibility index (Phi) is 7.19. The van der Waals surface area contributed by atoms with E-state index in [-0.39, 0.29) is 11.0 Å². The van der Waals surface area contributed by atoms with E-state index in [1.807, 2.05) is 55.5 Å². The molecule has 4 rings (SSSR count). The van der Waals surface area contributed by atoms with E-state index in [0.717, 1.165) is 26.8 Å². The fraction of sp³-hybridized carbons (Fsp3) is 0.130. The molecule has 3 aromatic carbocycles. The monoisotopic (exact) mass is 525 g/mol. The highest BCUT2D eigenvalue weighted by atomic mass is 79.9. The van der Waals surface area contributed by atoms with Gasteiger partial charge in [-0.3, -0.25) is 15.5 Å². The predicted octanol–water partition coefficient (Wildman–Crippen LogP) is 5.31. The summed E-state index contributed by atoms with van der Waals surface area (Å²) in [7, 11) is 0. The smallest absolute Gasteiger partial charge is 0.258 e. The van der Waals surface area contributed by atoms with Crippen molar-refractivity contribution in [2.45, 2.75) is 24.3 Å². The van der Waals surface area contributed by atoms with Crippen molar-refractivity contribution in [3.63, 3.8) is 0 Å². The summed E-state index contributed by atoms with van der Waals surface area (Å²) in [6, 6.07) is 21.5. The molecule has 0 unspecified atom stereocenters. The molecular formula is C23H20BrN5OS2. The van der Waals surface area contributed by atoms with Gasteiger partial charge in [0.1, 0.15) is 0 Å². The molecule has 0 saturated carbocycles. The Morgan fingerprint density at radius 2 is 1.78 bits per heavy atom. The summed E-state index contributed by atoms with van der Waals surface area (Å²) in [4.78, 5) is 13.0. The summed E-state index contributed by atoms with van der Waals surface area (Å²) < 4.78 is 2.66. The molecule has 6 nitrogen and oxygen atoms in total. The van der Waals surface area contributed by atoms with Crippen LogP contribution in [0, 0.1) is 0 Å². The number of carbonyl (C=O) groups excluding carboxylic acids is 1.